The SMILES string of the molecule is CCCC(NCC(=O)N1CCC(C2CCN(C)CC2)CC1)C(=O)OC(C)(C)C. The molecule has 1 atom stereocenters. The normalized spacial score (nSPS) is 21.5. The third-order valence-electron chi connectivity index (χ3n) is 6.09. The van der Waals surface area contributed by atoms with Gasteiger partial charge in [-0.25, -0.2) is 0 Å². The van der Waals surface area contributed by atoms with E-state index in [9.17, 15) is 9.59 Å². The summed E-state index contributed by atoms with van der Waals surface area (Å²) in [5, 5.41) is 3.15. The van der Waals surface area contributed by atoms with Crippen molar-refractivity contribution in [2.75, 3.05) is 39.8 Å². The first-order valence-electron chi connectivity index (χ1n) is 11.1. The second kappa shape index (κ2) is 10.6. The lowest BCUT2D eigenvalue weighted by atomic mass is 9.79. The van der Waals surface area contributed by atoms with Gasteiger partial charge in [-0.15, -0.1) is 0 Å². The number of nitrogens with zero attached hydrogens (tertiary/aromatic N) is 2. The molecule has 2 saturated heterocycles. The average Bonchev–Trinajstić information content (AvgIpc) is 2.64. The Balaban J connectivity index is 1.75. The summed E-state index contributed by atoms with van der Waals surface area (Å²) in [5.74, 6) is 1.43. The molecule has 1 N–H and O–H groups in total. The van der Waals surface area contributed by atoms with Crippen LogP contribution in [0.2, 0.25) is 0 Å². The van der Waals surface area contributed by atoms with Gasteiger partial charge < -0.3 is 14.5 Å². The van der Waals surface area contributed by atoms with Crippen LogP contribution in [0, 0.1) is 11.8 Å². The molecule has 6 heteroatoms. The minimum atomic E-state index is -0.509. The van der Waals surface area contributed by atoms with Crippen LogP contribution in [0.1, 0.15) is 66.2 Å². The maximum atomic E-state index is 12.6. The van der Waals surface area contributed by atoms with Crippen molar-refractivity contribution in [3.05, 3.63) is 0 Å². The van der Waals surface area contributed by atoms with Crippen molar-refractivity contribution in [2.24, 2.45) is 11.8 Å². The van der Waals surface area contributed by atoms with Gasteiger partial charge in [0.1, 0.15) is 11.6 Å². The molecular formula is C22H41N3O3. The predicted octanol–water partition coefficient (Wildman–Crippen LogP) is 2.67. The summed E-state index contributed by atoms with van der Waals surface area (Å²) in [4.78, 5) is 29.4. The molecule has 0 bridgehead atoms. The first kappa shape index (κ1) is 23.1. The van der Waals surface area contributed by atoms with Crippen LogP contribution in [0.4, 0.5) is 0 Å². The molecule has 0 saturated carbocycles. The largest absolute Gasteiger partial charge is 0.459 e. The summed E-state index contributed by atoms with van der Waals surface area (Å²) >= 11 is 0. The molecule has 0 aromatic rings. The van der Waals surface area contributed by atoms with Crippen molar-refractivity contribution in [3.63, 3.8) is 0 Å². The molecule has 0 aromatic carbocycles. The highest BCUT2D eigenvalue weighted by Gasteiger charge is 2.31. The Kier molecular flexibility index (Phi) is 8.75. The first-order valence-corrected chi connectivity index (χ1v) is 11.1. The number of piperidine rings is 2. The molecule has 2 heterocycles. The number of rotatable bonds is 7. The van der Waals surface area contributed by atoms with E-state index in [-0.39, 0.29) is 18.4 Å². The van der Waals surface area contributed by atoms with Gasteiger partial charge in [-0.3, -0.25) is 14.9 Å². The molecule has 2 aliphatic heterocycles. The van der Waals surface area contributed by atoms with Gasteiger partial charge in [-0.05, 0) is 84.8 Å². The number of carbonyl (C=O) groups excluding carboxylic acids is 2. The smallest absolute Gasteiger partial charge is 0.323 e. The lowest BCUT2D eigenvalue weighted by Crippen LogP contribution is -2.48. The predicted molar refractivity (Wildman–Crippen MR) is 112 cm³/mol. The fourth-order valence-corrected chi connectivity index (χ4v) is 4.41. The van der Waals surface area contributed by atoms with Crippen molar-refractivity contribution in [1.29, 1.82) is 0 Å². The Morgan fingerprint density at radius 2 is 1.57 bits per heavy atom. The number of amides is 1. The Morgan fingerprint density at radius 3 is 2.07 bits per heavy atom. The Labute approximate surface area is 171 Å². The third kappa shape index (κ3) is 7.36. The van der Waals surface area contributed by atoms with Gasteiger partial charge in [0, 0.05) is 13.1 Å². The molecule has 6 nitrogen and oxygen atoms in total. The highest BCUT2D eigenvalue weighted by atomic mass is 16.6. The Bertz CT molecular complexity index is 502. The monoisotopic (exact) mass is 395 g/mol. The zero-order chi connectivity index (χ0) is 20.7. The van der Waals surface area contributed by atoms with E-state index >= 15 is 0 Å². The fourth-order valence-electron chi connectivity index (χ4n) is 4.41. The maximum absolute atomic E-state index is 12.6. The number of hydrogen-bond acceptors (Lipinski definition) is 5. The van der Waals surface area contributed by atoms with Crippen molar-refractivity contribution in [1.82, 2.24) is 15.1 Å². The number of ether oxygens (including phenoxy) is 1. The number of carbonyl (C=O) groups is 2. The van der Waals surface area contributed by atoms with Crippen molar-refractivity contribution < 1.29 is 14.3 Å². The zero-order valence-electron chi connectivity index (χ0n) is 18.6. The summed E-state index contributed by atoms with van der Waals surface area (Å²) in [7, 11) is 2.20. The van der Waals surface area contributed by atoms with Crippen LogP contribution >= 0.6 is 0 Å². The number of likely N-dealkylation sites (tertiary alicyclic amines) is 2. The summed E-state index contributed by atoms with van der Waals surface area (Å²) in [6.07, 6.45) is 6.37. The molecule has 0 aromatic heterocycles. The number of esters is 1. The van der Waals surface area contributed by atoms with E-state index < -0.39 is 11.6 Å². The molecule has 0 radical (unpaired) electrons. The first-order chi connectivity index (χ1) is 13.2. The molecule has 0 aliphatic carbocycles. The maximum Gasteiger partial charge on any atom is 0.323 e. The molecule has 0 spiro atoms. The summed E-state index contributed by atoms with van der Waals surface area (Å²) < 4.78 is 5.49. The van der Waals surface area contributed by atoms with Gasteiger partial charge in [-0.1, -0.05) is 13.3 Å². The van der Waals surface area contributed by atoms with Gasteiger partial charge in [0.15, 0.2) is 0 Å². The van der Waals surface area contributed by atoms with Gasteiger partial charge in [0.25, 0.3) is 0 Å². The lowest BCUT2D eigenvalue weighted by Gasteiger charge is -2.39. The Morgan fingerprint density at radius 1 is 1.04 bits per heavy atom. The summed E-state index contributed by atoms with van der Waals surface area (Å²) in [6.45, 7) is 12.0. The van der Waals surface area contributed by atoms with E-state index in [1.165, 1.54) is 25.9 Å². The molecule has 1 unspecified atom stereocenters. The van der Waals surface area contributed by atoms with Crippen molar-refractivity contribution in [2.45, 2.75) is 77.9 Å². The second-order valence-corrected chi connectivity index (χ2v) is 9.61. The van der Waals surface area contributed by atoms with Gasteiger partial charge in [-0.2, -0.15) is 0 Å². The zero-order valence-corrected chi connectivity index (χ0v) is 18.6. The quantitative estimate of drug-likeness (QED) is 0.672. The number of nitrogens with one attached hydrogen (secondary N) is 1. The van der Waals surface area contributed by atoms with E-state index in [0.717, 1.165) is 44.2 Å². The van der Waals surface area contributed by atoms with Crippen LogP contribution in [0.5, 0.6) is 0 Å². The van der Waals surface area contributed by atoms with Crippen LogP contribution in [0.25, 0.3) is 0 Å². The molecule has 2 fully saturated rings. The third-order valence-corrected chi connectivity index (χ3v) is 6.09. The molecule has 28 heavy (non-hydrogen) atoms. The van der Waals surface area contributed by atoms with Crippen LogP contribution in [0.3, 0.4) is 0 Å². The van der Waals surface area contributed by atoms with Gasteiger partial charge in [0.2, 0.25) is 5.91 Å². The van der Waals surface area contributed by atoms with E-state index in [1.54, 1.807) is 0 Å². The van der Waals surface area contributed by atoms with E-state index in [0.29, 0.717) is 6.42 Å². The average molecular weight is 396 g/mol. The van der Waals surface area contributed by atoms with Crippen LogP contribution in [0.15, 0.2) is 0 Å². The minimum Gasteiger partial charge on any atom is -0.459 e. The molecule has 2 rings (SSSR count). The Hall–Kier alpha value is -1.14. The van der Waals surface area contributed by atoms with Gasteiger partial charge in [0.05, 0.1) is 6.54 Å². The fraction of sp³-hybridized carbons (Fsp3) is 0.909. The lowest BCUT2D eigenvalue weighted by molar-refractivity contribution is -0.157. The van der Waals surface area contributed by atoms with Crippen molar-refractivity contribution >= 4 is 11.9 Å². The van der Waals surface area contributed by atoms with E-state index in [2.05, 4.69) is 17.3 Å². The molecule has 2 aliphatic rings. The van der Waals surface area contributed by atoms with Crippen LogP contribution in [-0.4, -0.2) is 73.1 Å². The van der Waals surface area contributed by atoms with Crippen LogP contribution < -0.4 is 5.32 Å². The minimum absolute atomic E-state index is 0.103. The molecule has 162 valence electrons. The van der Waals surface area contributed by atoms with Crippen LogP contribution in [-0.2, 0) is 14.3 Å². The van der Waals surface area contributed by atoms with E-state index in [1.807, 2.05) is 32.6 Å². The summed E-state index contributed by atoms with van der Waals surface area (Å²) in [5.41, 5.74) is -0.509. The summed E-state index contributed by atoms with van der Waals surface area (Å²) in [6, 6.07) is -0.412. The molecule has 1 amide bonds. The number of hydrogen-bond donors (Lipinski definition) is 1. The topological polar surface area (TPSA) is 61.9 Å². The highest BCUT2D eigenvalue weighted by Crippen LogP contribution is 2.32. The molecular weight excluding hydrogens is 354 g/mol. The van der Waals surface area contributed by atoms with Gasteiger partial charge >= 0.3 is 5.97 Å². The highest BCUT2D eigenvalue weighted by molar-refractivity contribution is 5.80. The van der Waals surface area contributed by atoms with Crippen molar-refractivity contribution in [3.8, 4) is 0 Å². The standard InChI is InChI=1S/C22H41N3O3/c1-6-7-19(21(27)28-22(2,3)4)23-16-20(26)25-14-10-18(11-15-25)17-8-12-24(5)13-9-17/h17-19,23H,6-16H2,1-5H3. The second-order valence-electron chi connectivity index (χ2n) is 9.61. The van der Waals surface area contributed by atoms with E-state index in [4.69, 9.17) is 4.74 Å².